The van der Waals surface area contributed by atoms with Gasteiger partial charge in [0, 0.05) is 31.0 Å². The van der Waals surface area contributed by atoms with Crippen molar-refractivity contribution in [3.63, 3.8) is 0 Å². The normalized spacial score (nSPS) is 21.6. The fourth-order valence-corrected chi connectivity index (χ4v) is 2.45. The van der Waals surface area contributed by atoms with Gasteiger partial charge in [-0.05, 0) is 11.0 Å². The zero-order chi connectivity index (χ0) is 16.3. The van der Waals surface area contributed by atoms with Crippen LogP contribution in [0.2, 0.25) is 0 Å². The zero-order valence-electron chi connectivity index (χ0n) is 13.1. The van der Waals surface area contributed by atoms with Crippen molar-refractivity contribution in [3.8, 4) is 0 Å². The third-order valence-corrected chi connectivity index (χ3v) is 3.41. The topological polar surface area (TPSA) is 96.3 Å². The molecular weight excluding hydrogens is 284 g/mol. The van der Waals surface area contributed by atoms with Gasteiger partial charge in [-0.1, -0.05) is 32.9 Å². The Hall–Kier alpha value is -1.99. The monoisotopic (exact) mass is 306 g/mol. The second kappa shape index (κ2) is 6.41. The number of hydrogen-bond acceptors (Lipinski definition) is 5. The van der Waals surface area contributed by atoms with Crippen LogP contribution in [0.1, 0.15) is 45.2 Å². The number of non-ortho nitro benzene ring substituents is 1. The molecule has 2 unspecified atom stereocenters. The summed E-state index contributed by atoms with van der Waals surface area (Å²) in [6, 6.07) is 6.46. The number of nitro groups is 1. The number of carbonyl (C=O) groups is 1. The Bertz CT molecular complexity index is 568. The first-order chi connectivity index (χ1) is 10.2. The fraction of sp³-hybridized carbons (Fsp3) is 0.533. The first kappa shape index (κ1) is 16.4. The Labute approximate surface area is 129 Å². The van der Waals surface area contributed by atoms with Crippen molar-refractivity contribution in [1.82, 2.24) is 16.2 Å². The lowest BCUT2D eigenvalue weighted by Gasteiger charge is -2.19. The van der Waals surface area contributed by atoms with Gasteiger partial charge in [0.05, 0.1) is 11.1 Å². The van der Waals surface area contributed by atoms with E-state index in [1.807, 2.05) is 26.8 Å². The number of nitro benzene ring substituents is 1. The van der Waals surface area contributed by atoms with Crippen LogP contribution in [0.25, 0.3) is 0 Å². The Kier molecular flexibility index (Phi) is 4.77. The molecule has 0 saturated carbocycles. The van der Waals surface area contributed by atoms with Crippen LogP contribution in [0.3, 0.4) is 0 Å². The van der Waals surface area contributed by atoms with Gasteiger partial charge in [-0.3, -0.25) is 14.9 Å². The average Bonchev–Trinajstić information content (AvgIpc) is 2.85. The Morgan fingerprint density at radius 1 is 1.41 bits per heavy atom. The van der Waals surface area contributed by atoms with Crippen LogP contribution >= 0.6 is 0 Å². The lowest BCUT2D eigenvalue weighted by atomic mass is 9.92. The molecule has 0 aromatic heterocycles. The van der Waals surface area contributed by atoms with E-state index in [2.05, 4.69) is 16.2 Å². The maximum atomic E-state index is 11.9. The molecule has 0 radical (unpaired) electrons. The number of hydrogen-bond donors (Lipinski definition) is 3. The van der Waals surface area contributed by atoms with Crippen LogP contribution < -0.4 is 16.2 Å². The van der Waals surface area contributed by atoms with Gasteiger partial charge >= 0.3 is 0 Å². The zero-order valence-corrected chi connectivity index (χ0v) is 13.1. The van der Waals surface area contributed by atoms with Crippen molar-refractivity contribution in [2.45, 2.75) is 45.8 Å². The third-order valence-electron chi connectivity index (χ3n) is 3.41. The summed E-state index contributed by atoms with van der Waals surface area (Å²) in [5, 5.41) is 13.7. The average molecular weight is 306 g/mol. The predicted octanol–water partition coefficient (Wildman–Crippen LogP) is 2.01. The van der Waals surface area contributed by atoms with Crippen LogP contribution in [0.4, 0.5) is 5.69 Å². The van der Waals surface area contributed by atoms with E-state index >= 15 is 0 Å². The number of carbonyl (C=O) groups excluding carboxylic acids is 1. The highest BCUT2D eigenvalue weighted by Gasteiger charge is 2.28. The molecule has 2 rings (SSSR count). The van der Waals surface area contributed by atoms with Crippen molar-refractivity contribution in [2.24, 2.45) is 5.41 Å². The van der Waals surface area contributed by atoms with Gasteiger partial charge in [-0.2, -0.15) is 0 Å². The lowest BCUT2D eigenvalue weighted by Crippen LogP contribution is -2.45. The van der Waals surface area contributed by atoms with E-state index < -0.39 is 4.92 Å². The quantitative estimate of drug-likeness (QED) is 0.584. The standard InChI is InChI=1S/C15H22N4O3/c1-15(2,3)9-14(20)16-13-8-12(17-18-13)10-5-4-6-11(7-10)19(21)22/h4-7,12-13,17-18H,8-9H2,1-3H3,(H,16,20). The molecule has 1 amide bonds. The molecule has 7 heteroatoms. The minimum absolute atomic E-state index is 0.00788. The Balaban J connectivity index is 1.94. The Morgan fingerprint density at radius 3 is 2.77 bits per heavy atom. The third kappa shape index (κ3) is 4.51. The van der Waals surface area contributed by atoms with E-state index in [-0.39, 0.29) is 29.2 Å². The molecule has 1 aromatic carbocycles. The highest BCUT2D eigenvalue weighted by atomic mass is 16.6. The molecule has 2 atom stereocenters. The number of hydrazine groups is 1. The summed E-state index contributed by atoms with van der Waals surface area (Å²) in [4.78, 5) is 22.3. The molecular formula is C15H22N4O3. The SMILES string of the molecule is CC(C)(C)CC(=O)NC1CC(c2cccc([N+](=O)[O-])c2)NN1. The summed E-state index contributed by atoms with van der Waals surface area (Å²) < 4.78 is 0. The van der Waals surface area contributed by atoms with E-state index in [0.717, 1.165) is 5.56 Å². The smallest absolute Gasteiger partial charge is 0.269 e. The second-order valence-electron chi connectivity index (χ2n) is 6.79. The van der Waals surface area contributed by atoms with Gasteiger partial charge in [0.2, 0.25) is 5.91 Å². The van der Waals surface area contributed by atoms with Crippen molar-refractivity contribution < 1.29 is 9.72 Å². The molecule has 0 spiro atoms. The van der Waals surface area contributed by atoms with E-state index in [4.69, 9.17) is 0 Å². The van der Waals surface area contributed by atoms with Crippen LogP contribution in [-0.4, -0.2) is 17.0 Å². The van der Waals surface area contributed by atoms with Crippen LogP contribution in [0, 0.1) is 15.5 Å². The number of amides is 1. The molecule has 1 aliphatic heterocycles. The minimum Gasteiger partial charge on any atom is -0.339 e. The number of nitrogens with one attached hydrogen (secondary N) is 3. The molecule has 7 nitrogen and oxygen atoms in total. The number of benzene rings is 1. The van der Waals surface area contributed by atoms with Crippen LogP contribution in [0.5, 0.6) is 0 Å². The summed E-state index contributed by atoms with van der Waals surface area (Å²) in [6.45, 7) is 6.04. The van der Waals surface area contributed by atoms with Gasteiger partial charge in [0.1, 0.15) is 0 Å². The van der Waals surface area contributed by atoms with E-state index in [9.17, 15) is 14.9 Å². The minimum atomic E-state index is -0.408. The Morgan fingerprint density at radius 2 is 2.14 bits per heavy atom. The predicted molar refractivity (Wildman–Crippen MR) is 82.7 cm³/mol. The molecule has 1 heterocycles. The van der Waals surface area contributed by atoms with Gasteiger partial charge in [0.25, 0.3) is 5.69 Å². The van der Waals surface area contributed by atoms with Crippen LogP contribution in [-0.2, 0) is 4.79 Å². The second-order valence-corrected chi connectivity index (χ2v) is 6.79. The molecule has 0 bridgehead atoms. The molecule has 3 N–H and O–H groups in total. The van der Waals surface area contributed by atoms with Gasteiger partial charge in [0.15, 0.2) is 0 Å². The van der Waals surface area contributed by atoms with E-state index in [1.54, 1.807) is 12.1 Å². The lowest BCUT2D eigenvalue weighted by molar-refractivity contribution is -0.384. The van der Waals surface area contributed by atoms with Gasteiger partial charge < -0.3 is 5.32 Å². The van der Waals surface area contributed by atoms with Crippen LogP contribution in [0.15, 0.2) is 24.3 Å². The largest absolute Gasteiger partial charge is 0.339 e. The first-order valence-corrected chi connectivity index (χ1v) is 7.29. The highest BCUT2D eigenvalue weighted by molar-refractivity contribution is 5.76. The molecule has 22 heavy (non-hydrogen) atoms. The van der Waals surface area contributed by atoms with E-state index in [0.29, 0.717) is 12.8 Å². The van der Waals surface area contributed by atoms with Crippen molar-refractivity contribution in [3.05, 3.63) is 39.9 Å². The summed E-state index contributed by atoms with van der Waals surface area (Å²) in [5.41, 5.74) is 6.93. The number of nitrogens with zero attached hydrogens (tertiary/aromatic N) is 1. The summed E-state index contributed by atoms with van der Waals surface area (Å²) in [6.07, 6.45) is 0.906. The van der Waals surface area contributed by atoms with Crippen molar-refractivity contribution in [1.29, 1.82) is 0 Å². The summed E-state index contributed by atoms with van der Waals surface area (Å²) in [5.74, 6) is -0.00788. The summed E-state index contributed by atoms with van der Waals surface area (Å²) in [7, 11) is 0. The molecule has 1 saturated heterocycles. The molecule has 1 aliphatic rings. The van der Waals surface area contributed by atoms with Gasteiger partial charge in [-0.25, -0.2) is 10.9 Å². The fourth-order valence-electron chi connectivity index (χ4n) is 2.45. The number of rotatable bonds is 4. The molecule has 1 aromatic rings. The first-order valence-electron chi connectivity index (χ1n) is 7.29. The van der Waals surface area contributed by atoms with Crippen molar-refractivity contribution in [2.75, 3.05) is 0 Å². The molecule has 120 valence electrons. The van der Waals surface area contributed by atoms with E-state index in [1.165, 1.54) is 6.07 Å². The molecule has 0 aliphatic carbocycles. The van der Waals surface area contributed by atoms with Crippen molar-refractivity contribution >= 4 is 11.6 Å². The maximum absolute atomic E-state index is 11.9. The maximum Gasteiger partial charge on any atom is 0.269 e. The highest BCUT2D eigenvalue weighted by Crippen LogP contribution is 2.25. The summed E-state index contributed by atoms with van der Waals surface area (Å²) >= 11 is 0. The molecule has 1 fully saturated rings. The van der Waals surface area contributed by atoms with Gasteiger partial charge in [-0.15, -0.1) is 0 Å².